The van der Waals surface area contributed by atoms with Crippen molar-refractivity contribution in [3.63, 3.8) is 0 Å². The summed E-state index contributed by atoms with van der Waals surface area (Å²) in [7, 11) is 0. The molecule has 72 heavy (non-hydrogen) atoms. The van der Waals surface area contributed by atoms with Crippen LogP contribution in [-0.2, 0) is 71.5 Å². The molecule has 0 aliphatic heterocycles. The summed E-state index contributed by atoms with van der Waals surface area (Å²) >= 11 is 0. The molecule has 0 bridgehead atoms. The van der Waals surface area contributed by atoms with Gasteiger partial charge in [0.2, 0.25) is 23.6 Å². The Morgan fingerprint density at radius 1 is 0.389 bits per heavy atom. The molecular weight excluding hydrogens is 937 g/mol. The number of carbonyl (C=O) groups is 8. The van der Waals surface area contributed by atoms with Crippen molar-refractivity contribution < 1.29 is 76.6 Å². The Kier molecular flexibility index (Phi) is 37.6. The third-order valence-corrected chi connectivity index (χ3v) is 10.2. The van der Waals surface area contributed by atoms with E-state index in [1.54, 1.807) is 41.5 Å². The van der Waals surface area contributed by atoms with Crippen LogP contribution >= 0.6 is 0 Å². The SMILES string of the molecule is CC(C)(C)OC(=O)CCCCCCCCCCCCCCCCC(=O)NC(CCC(=O)NC(CCC(=O)NCCOCCOCC(=O)NCCOCCOCC(=O)O)C(=O)OC(C)(C)C)C(=O)OC(C)(C)C. The lowest BCUT2D eigenvalue weighted by Gasteiger charge is -2.26. The fourth-order valence-electron chi connectivity index (χ4n) is 6.83. The number of carboxylic acids is 1. The van der Waals surface area contributed by atoms with Gasteiger partial charge in [0.1, 0.15) is 42.1 Å². The molecule has 20 nitrogen and oxygen atoms in total. The Bertz CT molecular complexity index is 1560. The minimum Gasteiger partial charge on any atom is -0.480 e. The van der Waals surface area contributed by atoms with Crippen LogP contribution in [0.25, 0.3) is 0 Å². The molecule has 2 unspecified atom stereocenters. The molecule has 4 amide bonds. The summed E-state index contributed by atoms with van der Waals surface area (Å²) < 4.78 is 37.2. The summed E-state index contributed by atoms with van der Waals surface area (Å²) in [5.74, 6) is -4.20. The number of amides is 4. The van der Waals surface area contributed by atoms with Gasteiger partial charge in [0.25, 0.3) is 0 Å². The second-order valence-electron chi connectivity index (χ2n) is 20.8. The molecule has 0 aromatic rings. The van der Waals surface area contributed by atoms with E-state index in [1.807, 2.05) is 20.8 Å². The van der Waals surface area contributed by atoms with E-state index in [2.05, 4.69) is 21.3 Å². The van der Waals surface area contributed by atoms with Crippen LogP contribution in [0.1, 0.15) is 191 Å². The molecule has 0 rings (SSSR count). The van der Waals surface area contributed by atoms with Gasteiger partial charge in [0.05, 0.1) is 39.6 Å². The molecule has 0 saturated carbocycles. The average Bonchev–Trinajstić information content (AvgIpc) is 3.26. The second kappa shape index (κ2) is 40.0. The van der Waals surface area contributed by atoms with E-state index in [0.29, 0.717) is 12.8 Å². The quantitative estimate of drug-likeness (QED) is 0.0260. The van der Waals surface area contributed by atoms with Gasteiger partial charge in [-0.05, 0) is 88.0 Å². The number of esters is 3. The first-order chi connectivity index (χ1) is 33.9. The molecular formula is C52H94N4O16. The number of hydrogen-bond donors (Lipinski definition) is 5. The highest BCUT2D eigenvalue weighted by Gasteiger charge is 2.30. The Morgan fingerprint density at radius 2 is 0.736 bits per heavy atom. The highest BCUT2D eigenvalue weighted by Crippen LogP contribution is 2.17. The first kappa shape index (κ1) is 67.6. The number of ether oxygens (including phenoxy) is 7. The molecule has 0 aliphatic rings. The number of nitrogens with one attached hydrogen (secondary N) is 4. The first-order valence-corrected chi connectivity index (χ1v) is 26.2. The van der Waals surface area contributed by atoms with E-state index in [1.165, 1.54) is 38.5 Å². The molecule has 5 N–H and O–H groups in total. The van der Waals surface area contributed by atoms with Crippen molar-refractivity contribution >= 4 is 47.5 Å². The van der Waals surface area contributed by atoms with E-state index < -0.39 is 65.2 Å². The molecule has 418 valence electrons. The lowest BCUT2D eigenvalue weighted by atomic mass is 10.0. The van der Waals surface area contributed by atoms with Gasteiger partial charge in [-0.2, -0.15) is 0 Å². The number of carboxylic acid groups (broad SMARTS) is 1. The van der Waals surface area contributed by atoms with Gasteiger partial charge < -0.3 is 59.5 Å². The standard InChI is InChI=1S/C52H94N4O16/c1-50(2,3)70-47(63)25-23-21-19-17-15-13-11-10-12-14-16-18-20-22-24-43(58)55-41(49(65)72-52(7,8)9)27-29-44(59)56-40(48(64)71-51(4,5)6)26-28-42(57)53-30-32-66-34-36-68-38-45(60)54-31-33-67-35-37-69-39-46(61)62/h40-41H,10-39H2,1-9H3,(H,53,57)(H,54,60)(H,55,58)(H,56,59)(H,61,62). The lowest BCUT2D eigenvalue weighted by molar-refractivity contribution is -0.160. The zero-order chi connectivity index (χ0) is 54.3. The van der Waals surface area contributed by atoms with Crippen LogP contribution in [0.2, 0.25) is 0 Å². The van der Waals surface area contributed by atoms with Crippen LogP contribution in [0.15, 0.2) is 0 Å². The summed E-state index contributed by atoms with van der Waals surface area (Å²) in [6.07, 6.45) is 15.4. The van der Waals surface area contributed by atoms with Crippen molar-refractivity contribution in [3.8, 4) is 0 Å². The zero-order valence-corrected chi connectivity index (χ0v) is 45.4. The predicted molar refractivity (Wildman–Crippen MR) is 271 cm³/mol. The van der Waals surface area contributed by atoms with Crippen molar-refractivity contribution in [2.75, 3.05) is 65.9 Å². The maximum Gasteiger partial charge on any atom is 0.329 e. The maximum atomic E-state index is 13.2. The molecule has 2 atom stereocenters. The van der Waals surface area contributed by atoms with Crippen molar-refractivity contribution in [1.82, 2.24) is 21.3 Å². The molecule has 0 heterocycles. The van der Waals surface area contributed by atoms with E-state index in [4.69, 9.17) is 38.3 Å². The fraction of sp³-hybridized carbons (Fsp3) is 0.846. The Morgan fingerprint density at radius 3 is 1.15 bits per heavy atom. The molecule has 0 saturated heterocycles. The number of rotatable bonds is 43. The monoisotopic (exact) mass is 1030 g/mol. The summed E-state index contributed by atoms with van der Waals surface area (Å²) in [6.45, 7) is 16.7. The summed E-state index contributed by atoms with van der Waals surface area (Å²) in [4.78, 5) is 99.3. The average molecular weight is 1030 g/mol. The van der Waals surface area contributed by atoms with Crippen LogP contribution in [0, 0.1) is 0 Å². The number of aliphatic carboxylic acids is 1. The van der Waals surface area contributed by atoms with Gasteiger partial charge >= 0.3 is 23.9 Å². The minimum absolute atomic E-state index is 0.0648. The van der Waals surface area contributed by atoms with Gasteiger partial charge in [-0.15, -0.1) is 0 Å². The Hall–Kier alpha value is -4.40. The topological polar surface area (TPSA) is 270 Å². The molecule has 0 radical (unpaired) electrons. The third-order valence-electron chi connectivity index (χ3n) is 10.2. The van der Waals surface area contributed by atoms with E-state index in [-0.39, 0.29) is 109 Å². The number of hydrogen-bond acceptors (Lipinski definition) is 15. The molecule has 20 heteroatoms. The van der Waals surface area contributed by atoms with Crippen LogP contribution in [0.4, 0.5) is 0 Å². The molecule has 0 spiro atoms. The highest BCUT2D eigenvalue weighted by molar-refractivity contribution is 5.87. The van der Waals surface area contributed by atoms with Gasteiger partial charge in [-0.1, -0.05) is 77.0 Å². The van der Waals surface area contributed by atoms with Gasteiger partial charge in [0.15, 0.2) is 0 Å². The van der Waals surface area contributed by atoms with Crippen LogP contribution in [-0.4, -0.2) is 147 Å². The van der Waals surface area contributed by atoms with Crippen LogP contribution in [0.5, 0.6) is 0 Å². The minimum atomic E-state index is -1.16. The van der Waals surface area contributed by atoms with E-state index >= 15 is 0 Å². The summed E-state index contributed by atoms with van der Waals surface area (Å²) in [5, 5.41) is 19.2. The third kappa shape index (κ3) is 45.5. The van der Waals surface area contributed by atoms with Gasteiger partial charge in [0, 0.05) is 38.8 Å². The molecule has 0 aromatic carbocycles. The van der Waals surface area contributed by atoms with Crippen LogP contribution in [0.3, 0.4) is 0 Å². The largest absolute Gasteiger partial charge is 0.480 e. The first-order valence-electron chi connectivity index (χ1n) is 26.2. The predicted octanol–water partition coefficient (Wildman–Crippen LogP) is 6.17. The Balaban J connectivity index is 4.60. The Labute approximate surface area is 429 Å². The summed E-state index contributed by atoms with van der Waals surface area (Å²) in [6, 6.07) is -2.25. The number of carbonyl (C=O) groups excluding carboxylic acids is 7. The van der Waals surface area contributed by atoms with Crippen LogP contribution < -0.4 is 21.3 Å². The second-order valence-corrected chi connectivity index (χ2v) is 20.8. The number of unbranched alkanes of at least 4 members (excludes halogenated alkanes) is 13. The fourth-order valence-corrected chi connectivity index (χ4v) is 6.83. The molecule has 0 aromatic heterocycles. The van der Waals surface area contributed by atoms with Gasteiger partial charge in [-0.3, -0.25) is 24.0 Å². The normalized spacial score (nSPS) is 12.6. The van der Waals surface area contributed by atoms with E-state index in [9.17, 15) is 38.4 Å². The zero-order valence-electron chi connectivity index (χ0n) is 45.4. The lowest BCUT2D eigenvalue weighted by Crippen LogP contribution is -2.47. The molecule has 0 fully saturated rings. The highest BCUT2D eigenvalue weighted by atomic mass is 16.6. The smallest absolute Gasteiger partial charge is 0.329 e. The van der Waals surface area contributed by atoms with E-state index in [0.717, 1.165) is 44.9 Å². The van der Waals surface area contributed by atoms with Crippen molar-refractivity contribution in [1.29, 1.82) is 0 Å². The van der Waals surface area contributed by atoms with Crippen molar-refractivity contribution in [3.05, 3.63) is 0 Å². The summed E-state index contributed by atoms with van der Waals surface area (Å²) in [5.41, 5.74) is -2.13. The van der Waals surface area contributed by atoms with Crippen molar-refractivity contribution in [2.24, 2.45) is 0 Å². The maximum absolute atomic E-state index is 13.2. The van der Waals surface area contributed by atoms with Crippen molar-refractivity contribution in [2.45, 2.75) is 220 Å². The molecule has 0 aliphatic carbocycles. The van der Waals surface area contributed by atoms with Gasteiger partial charge in [-0.25, -0.2) is 14.4 Å².